The Kier molecular flexibility index (Phi) is 2.81. The summed E-state index contributed by atoms with van der Waals surface area (Å²) in [5.74, 6) is -1.20. The fraction of sp³-hybridized carbons (Fsp3) is 1.00. The lowest BCUT2D eigenvalue weighted by molar-refractivity contribution is -0.107. The number of halogens is 3. The van der Waals surface area contributed by atoms with Crippen LogP contribution in [0.1, 0.15) is 6.42 Å². The number of nitrogens with zero attached hydrogens (tertiary/aromatic N) is 2. The van der Waals surface area contributed by atoms with Gasteiger partial charge in [-0.25, -0.2) is 8.51 Å². The summed E-state index contributed by atoms with van der Waals surface area (Å²) in [5.41, 5.74) is 0. The Labute approximate surface area is 88.8 Å². The van der Waals surface area contributed by atoms with E-state index in [2.05, 4.69) is 4.90 Å². The number of rotatable bonds is 2. The monoisotopic (exact) mass is 242 g/mol. The van der Waals surface area contributed by atoms with E-state index in [4.69, 9.17) is 0 Å². The molecule has 15 heavy (non-hydrogen) atoms. The van der Waals surface area contributed by atoms with Gasteiger partial charge in [0, 0.05) is 25.2 Å². The maximum atomic E-state index is 12.0. The number of hydrogen-bond acceptors (Lipinski definition) is 2. The minimum absolute atomic E-state index is 0.0527. The van der Waals surface area contributed by atoms with E-state index < -0.39 is 22.9 Å². The molecule has 2 bridgehead atoms. The zero-order valence-electron chi connectivity index (χ0n) is 8.33. The summed E-state index contributed by atoms with van der Waals surface area (Å²) >= 11 is 0. The molecule has 0 aromatic carbocycles. The molecule has 3 aliphatic heterocycles. The summed E-state index contributed by atoms with van der Waals surface area (Å²) in [7, 11) is 0.0442. The van der Waals surface area contributed by atoms with Gasteiger partial charge >= 0.3 is 6.18 Å². The van der Waals surface area contributed by atoms with Crippen LogP contribution in [-0.2, 0) is 11.0 Å². The maximum Gasteiger partial charge on any atom is 0.401 e. The van der Waals surface area contributed by atoms with Crippen LogP contribution in [0.3, 0.4) is 0 Å². The summed E-state index contributed by atoms with van der Waals surface area (Å²) in [4.78, 5) is 2.07. The predicted octanol–water partition coefficient (Wildman–Crippen LogP) is 0.601. The highest BCUT2D eigenvalue weighted by atomic mass is 32.2. The first-order chi connectivity index (χ1) is 6.87. The van der Waals surface area contributed by atoms with Crippen LogP contribution in [0.5, 0.6) is 0 Å². The molecule has 0 saturated carbocycles. The first kappa shape index (κ1) is 11.3. The molecule has 3 unspecified atom stereocenters. The molecular formula is C8H13F3N2OS. The Morgan fingerprint density at radius 3 is 2.33 bits per heavy atom. The van der Waals surface area contributed by atoms with E-state index in [0.717, 1.165) is 19.5 Å². The molecule has 0 aromatic rings. The van der Waals surface area contributed by atoms with Crippen LogP contribution in [0, 0.1) is 0 Å². The van der Waals surface area contributed by atoms with Crippen LogP contribution in [0.25, 0.3) is 0 Å². The van der Waals surface area contributed by atoms with Gasteiger partial charge in [-0.1, -0.05) is 0 Å². The number of piperazine rings is 1. The molecule has 3 atom stereocenters. The fourth-order valence-corrected chi connectivity index (χ4v) is 3.73. The molecule has 0 aromatic heterocycles. The van der Waals surface area contributed by atoms with Gasteiger partial charge in [-0.15, -0.1) is 0 Å². The van der Waals surface area contributed by atoms with Crippen LogP contribution in [0.4, 0.5) is 13.2 Å². The number of fused-ring (bicyclic) bond motifs is 2. The highest BCUT2D eigenvalue weighted by Gasteiger charge is 2.48. The Hall–Kier alpha value is -0.140. The third-order valence-corrected chi connectivity index (χ3v) is 4.47. The minimum atomic E-state index is -4.33. The van der Waals surface area contributed by atoms with Crippen molar-refractivity contribution in [3.63, 3.8) is 0 Å². The zero-order valence-corrected chi connectivity index (χ0v) is 9.14. The zero-order chi connectivity index (χ0) is 11.2. The standard InChI is InChI=1S/C8H13F3N2OS/c1-12-3-6-2-7(4-12)13(6)15(14)5-8(9,10)11/h6-7H,2-5H2,1H3. The lowest BCUT2D eigenvalue weighted by atomic mass is 9.92. The highest BCUT2D eigenvalue weighted by Crippen LogP contribution is 2.34. The molecule has 3 aliphatic rings. The summed E-state index contributed by atoms with van der Waals surface area (Å²) < 4.78 is 49.1. The molecule has 3 saturated heterocycles. The van der Waals surface area contributed by atoms with Crippen LogP contribution in [0.2, 0.25) is 0 Å². The van der Waals surface area contributed by atoms with E-state index in [9.17, 15) is 17.4 Å². The van der Waals surface area contributed by atoms with Crippen LogP contribution < -0.4 is 0 Å². The lowest BCUT2D eigenvalue weighted by Crippen LogP contribution is -2.68. The summed E-state index contributed by atoms with van der Waals surface area (Å²) in [5, 5.41) is 0. The first-order valence-electron chi connectivity index (χ1n) is 4.79. The van der Waals surface area contributed by atoms with E-state index in [1.165, 1.54) is 4.31 Å². The van der Waals surface area contributed by atoms with Gasteiger partial charge in [0.25, 0.3) is 0 Å². The van der Waals surface area contributed by atoms with Gasteiger partial charge < -0.3 is 4.90 Å². The van der Waals surface area contributed by atoms with E-state index in [1.54, 1.807) is 0 Å². The second-order valence-electron chi connectivity index (χ2n) is 4.21. The molecule has 3 nitrogen and oxygen atoms in total. The number of alkyl halides is 3. The van der Waals surface area contributed by atoms with Gasteiger partial charge in [-0.05, 0) is 13.5 Å². The third-order valence-electron chi connectivity index (χ3n) is 2.83. The molecule has 0 N–H and O–H groups in total. The van der Waals surface area contributed by atoms with Gasteiger partial charge in [0.05, 0.1) is 0 Å². The molecule has 3 heterocycles. The van der Waals surface area contributed by atoms with Gasteiger partial charge in [0.2, 0.25) is 0 Å². The molecule has 0 spiro atoms. The molecule has 3 fully saturated rings. The Bertz CT molecular complexity index is 272. The predicted molar refractivity (Wildman–Crippen MR) is 50.6 cm³/mol. The van der Waals surface area contributed by atoms with Gasteiger partial charge in [-0.2, -0.15) is 13.2 Å². The number of hydrogen-bond donors (Lipinski definition) is 0. The second kappa shape index (κ2) is 3.71. The molecular weight excluding hydrogens is 229 g/mol. The number of likely N-dealkylation sites (N-methyl/N-ethyl adjacent to an activating group) is 1. The molecule has 7 heteroatoms. The smallest absolute Gasteiger partial charge is 0.303 e. The summed E-state index contributed by atoms with van der Waals surface area (Å²) in [6, 6.07) is 0.105. The molecule has 0 radical (unpaired) electrons. The molecule has 0 aliphatic carbocycles. The van der Waals surface area contributed by atoms with Gasteiger partial charge in [0.1, 0.15) is 16.7 Å². The van der Waals surface area contributed by atoms with Crippen molar-refractivity contribution in [2.75, 3.05) is 25.9 Å². The lowest BCUT2D eigenvalue weighted by Gasteiger charge is -2.54. The average Bonchev–Trinajstić information content (AvgIpc) is 1.98. The Morgan fingerprint density at radius 2 is 1.87 bits per heavy atom. The maximum absolute atomic E-state index is 12.0. The van der Waals surface area contributed by atoms with E-state index >= 15 is 0 Å². The van der Waals surface area contributed by atoms with Gasteiger partial charge in [-0.3, -0.25) is 0 Å². The van der Waals surface area contributed by atoms with Crippen LogP contribution in [-0.4, -0.2) is 57.6 Å². The summed E-state index contributed by atoms with van der Waals surface area (Å²) in [6.45, 7) is 1.44. The molecule has 3 rings (SSSR count). The third kappa shape index (κ3) is 2.34. The van der Waals surface area contributed by atoms with E-state index in [-0.39, 0.29) is 12.1 Å². The van der Waals surface area contributed by atoms with Crippen molar-refractivity contribution in [2.24, 2.45) is 0 Å². The largest absolute Gasteiger partial charge is 0.401 e. The minimum Gasteiger partial charge on any atom is -0.303 e. The topological polar surface area (TPSA) is 23.6 Å². The van der Waals surface area contributed by atoms with E-state index in [0.29, 0.717) is 0 Å². The molecule has 0 amide bonds. The highest BCUT2D eigenvalue weighted by molar-refractivity contribution is 7.82. The Morgan fingerprint density at radius 1 is 1.33 bits per heavy atom. The van der Waals surface area contributed by atoms with Crippen LogP contribution in [0.15, 0.2) is 0 Å². The first-order valence-corrected chi connectivity index (χ1v) is 6.06. The van der Waals surface area contributed by atoms with Crippen molar-refractivity contribution in [1.82, 2.24) is 9.21 Å². The molecule has 88 valence electrons. The SMILES string of the molecule is CN1CC2CC(C1)N2S(=O)CC(F)(F)F. The fourth-order valence-electron chi connectivity index (χ4n) is 2.33. The van der Waals surface area contributed by atoms with Crippen molar-refractivity contribution in [3.05, 3.63) is 0 Å². The Balaban J connectivity index is 1.94. The van der Waals surface area contributed by atoms with E-state index in [1.807, 2.05) is 7.05 Å². The van der Waals surface area contributed by atoms with Gasteiger partial charge in [0.15, 0.2) is 0 Å². The normalized spacial score (nSPS) is 34.9. The number of piperidine rings is 1. The van der Waals surface area contributed by atoms with Crippen molar-refractivity contribution in [3.8, 4) is 0 Å². The van der Waals surface area contributed by atoms with Crippen molar-refractivity contribution < 1.29 is 17.4 Å². The second-order valence-corrected chi connectivity index (χ2v) is 5.56. The van der Waals surface area contributed by atoms with Crippen molar-refractivity contribution in [2.45, 2.75) is 24.7 Å². The van der Waals surface area contributed by atoms with Crippen LogP contribution >= 0.6 is 0 Å². The van der Waals surface area contributed by atoms with Crippen molar-refractivity contribution >= 4 is 11.0 Å². The quantitative estimate of drug-likeness (QED) is 0.708. The van der Waals surface area contributed by atoms with Crippen molar-refractivity contribution in [1.29, 1.82) is 0 Å². The average molecular weight is 242 g/mol. The summed E-state index contributed by atoms with van der Waals surface area (Å²) in [6.07, 6.45) is -3.45.